The van der Waals surface area contributed by atoms with E-state index in [1.807, 2.05) is 115 Å². The fourth-order valence-electron chi connectivity index (χ4n) is 7.63. The number of β-lactam (4-membered cyclic amide) rings is 1. The monoisotopic (exact) mass is 875 g/mol. The summed E-state index contributed by atoms with van der Waals surface area (Å²) in [5.74, 6) is -2.45. The highest BCUT2D eigenvalue weighted by Gasteiger charge is 2.55. The van der Waals surface area contributed by atoms with Crippen LogP contribution in [0.4, 0.5) is 5.13 Å². The number of hydrogen-bond acceptors (Lipinski definition) is 12. The van der Waals surface area contributed by atoms with Gasteiger partial charge in [-0.1, -0.05) is 157 Å². The summed E-state index contributed by atoms with van der Waals surface area (Å²) in [4.78, 5) is 66.1. The molecule has 0 aliphatic carbocycles. The number of anilines is 1. The van der Waals surface area contributed by atoms with Crippen molar-refractivity contribution in [2.45, 2.75) is 23.1 Å². The molecule has 1 aromatic heterocycles. The second kappa shape index (κ2) is 19.2. The predicted molar refractivity (Wildman–Crippen MR) is 243 cm³/mol. The molecule has 0 spiro atoms. The Morgan fingerprint density at radius 1 is 0.794 bits per heavy atom. The molecule has 0 saturated carbocycles. The number of hydrogen-bond donors (Lipinski definition) is 2. The molecule has 0 bridgehead atoms. The van der Waals surface area contributed by atoms with Gasteiger partial charge in [-0.3, -0.25) is 14.5 Å². The first-order valence-corrected chi connectivity index (χ1v) is 21.8. The van der Waals surface area contributed by atoms with Crippen LogP contribution in [-0.2, 0) is 39.0 Å². The Morgan fingerprint density at radius 3 is 1.83 bits per heavy atom. The second-order valence-electron chi connectivity index (χ2n) is 14.3. The van der Waals surface area contributed by atoms with Gasteiger partial charge in [0.1, 0.15) is 35.5 Å². The first-order valence-electron chi connectivity index (χ1n) is 19.9. The zero-order chi connectivity index (χ0) is 43.8. The highest BCUT2D eigenvalue weighted by atomic mass is 32.2. The first-order chi connectivity index (χ1) is 30.8. The Kier molecular flexibility index (Phi) is 12.9. The van der Waals surface area contributed by atoms with Crippen molar-refractivity contribution >= 4 is 57.7 Å². The van der Waals surface area contributed by atoms with E-state index in [0.717, 1.165) is 27.8 Å². The number of carbonyl (C=O) groups is 4. The highest BCUT2D eigenvalue weighted by molar-refractivity contribution is 8.00. The van der Waals surface area contributed by atoms with Crippen LogP contribution < -0.4 is 10.6 Å². The van der Waals surface area contributed by atoms with Crippen molar-refractivity contribution in [3.8, 4) is 0 Å². The quantitative estimate of drug-likeness (QED) is 0.0264. The third-order valence-electron chi connectivity index (χ3n) is 10.6. The molecule has 6 aromatic rings. The average Bonchev–Trinajstić information content (AvgIpc) is 3.81. The van der Waals surface area contributed by atoms with Gasteiger partial charge in [0.05, 0.1) is 7.11 Å². The molecule has 1 fully saturated rings. The second-order valence-corrected chi connectivity index (χ2v) is 16.3. The van der Waals surface area contributed by atoms with Crippen LogP contribution in [0.3, 0.4) is 0 Å². The molecule has 63 heavy (non-hydrogen) atoms. The molecule has 2 atom stereocenters. The number of rotatable bonds is 15. The molecular formula is C49H41N5O7S2. The number of esters is 2. The van der Waals surface area contributed by atoms with Crippen molar-refractivity contribution < 1.29 is 33.5 Å². The number of benzene rings is 5. The molecule has 5 aromatic carbocycles. The van der Waals surface area contributed by atoms with Crippen LogP contribution in [0.25, 0.3) is 0 Å². The number of carbonyl (C=O) groups excluding carboxylic acids is 4. The van der Waals surface area contributed by atoms with E-state index in [2.05, 4.69) is 52.2 Å². The van der Waals surface area contributed by atoms with Gasteiger partial charge in [-0.05, 0) is 39.5 Å². The van der Waals surface area contributed by atoms with Crippen LogP contribution in [0.5, 0.6) is 0 Å². The van der Waals surface area contributed by atoms with Crippen molar-refractivity contribution in [3.63, 3.8) is 0 Å². The normalized spacial score (nSPS) is 16.3. The van der Waals surface area contributed by atoms with Crippen molar-refractivity contribution in [2.24, 2.45) is 5.16 Å². The number of ether oxygens (including phenoxy) is 2. The Bertz CT molecular complexity index is 2540. The minimum atomic E-state index is -1.05. The van der Waals surface area contributed by atoms with E-state index >= 15 is 0 Å². The van der Waals surface area contributed by atoms with Crippen LogP contribution in [0.2, 0.25) is 0 Å². The smallest absolute Gasteiger partial charge is 0.356 e. The van der Waals surface area contributed by atoms with Gasteiger partial charge in [-0.2, -0.15) is 0 Å². The Labute approximate surface area is 372 Å². The van der Waals surface area contributed by atoms with Gasteiger partial charge in [0.2, 0.25) is 0 Å². The number of oxime groups is 1. The summed E-state index contributed by atoms with van der Waals surface area (Å²) in [6, 6.07) is 47.6. The zero-order valence-corrected chi connectivity index (χ0v) is 35.8. The Hall–Kier alpha value is -7.29. The SMILES string of the molecule is CO/N=C(\C(=O)N[C@@H]1C(=O)N2C(C(=O)OC(c3ccccc3)c3ccccc3)=C(/C=C\C(=O)OC)CS[C@H]12)c1csc(NC(c2ccccc2)(c2ccccc2)c2ccccc2)n1. The maximum absolute atomic E-state index is 14.3. The molecule has 2 aliphatic rings. The van der Waals surface area contributed by atoms with Crippen molar-refractivity contribution in [3.05, 3.63) is 214 Å². The summed E-state index contributed by atoms with van der Waals surface area (Å²) < 4.78 is 11.0. The first kappa shape index (κ1) is 42.4. The molecule has 2 aliphatic heterocycles. The van der Waals surface area contributed by atoms with Gasteiger partial charge in [0.15, 0.2) is 16.9 Å². The number of thiazole rings is 1. The lowest BCUT2D eigenvalue weighted by atomic mass is 9.77. The van der Waals surface area contributed by atoms with Crippen LogP contribution in [-0.4, -0.2) is 70.7 Å². The van der Waals surface area contributed by atoms with Gasteiger partial charge < -0.3 is 24.9 Å². The summed E-state index contributed by atoms with van der Waals surface area (Å²) in [6.07, 6.45) is 1.83. The number of methoxy groups -OCH3 is 1. The van der Waals surface area contributed by atoms with Crippen molar-refractivity contribution in [1.29, 1.82) is 0 Å². The zero-order valence-electron chi connectivity index (χ0n) is 34.1. The molecule has 0 radical (unpaired) electrons. The molecule has 1 saturated heterocycles. The van der Waals surface area contributed by atoms with Crippen LogP contribution in [0.15, 0.2) is 186 Å². The summed E-state index contributed by atoms with van der Waals surface area (Å²) >= 11 is 2.61. The minimum Gasteiger partial charge on any atom is -0.466 e. The molecule has 316 valence electrons. The molecule has 12 nitrogen and oxygen atoms in total. The van der Waals surface area contributed by atoms with E-state index in [1.54, 1.807) is 5.38 Å². The molecular weight excluding hydrogens is 835 g/mol. The number of amides is 2. The van der Waals surface area contributed by atoms with E-state index in [4.69, 9.17) is 19.3 Å². The number of aromatic nitrogens is 1. The fourth-order valence-corrected chi connectivity index (χ4v) is 9.70. The number of nitrogens with zero attached hydrogens (tertiary/aromatic N) is 3. The third kappa shape index (κ3) is 8.76. The number of allylic oxidation sites excluding steroid dienone is 1. The van der Waals surface area contributed by atoms with E-state index in [1.165, 1.54) is 54.4 Å². The maximum atomic E-state index is 14.3. The molecule has 0 unspecified atom stereocenters. The highest BCUT2D eigenvalue weighted by Crippen LogP contribution is 2.43. The van der Waals surface area contributed by atoms with Crippen molar-refractivity contribution in [2.75, 3.05) is 25.3 Å². The molecule has 3 heterocycles. The lowest BCUT2D eigenvalue weighted by Gasteiger charge is -2.49. The van der Waals surface area contributed by atoms with Crippen LogP contribution in [0.1, 0.15) is 39.6 Å². The number of nitrogens with one attached hydrogen (secondary N) is 2. The lowest BCUT2D eigenvalue weighted by Crippen LogP contribution is -2.71. The lowest BCUT2D eigenvalue weighted by molar-refractivity contribution is -0.154. The van der Waals surface area contributed by atoms with Gasteiger partial charge >= 0.3 is 11.9 Å². The fraction of sp³-hybridized carbons (Fsp3) is 0.143. The van der Waals surface area contributed by atoms with Crippen molar-refractivity contribution in [1.82, 2.24) is 15.2 Å². The largest absolute Gasteiger partial charge is 0.466 e. The summed E-state index contributed by atoms with van der Waals surface area (Å²) in [5, 5.41) is 12.1. The maximum Gasteiger partial charge on any atom is 0.356 e. The van der Waals surface area contributed by atoms with Crippen LogP contribution >= 0.6 is 23.1 Å². The summed E-state index contributed by atoms with van der Waals surface area (Å²) in [7, 11) is 2.57. The Morgan fingerprint density at radius 2 is 1.32 bits per heavy atom. The number of thioether (sulfide) groups is 1. The predicted octanol–water partition coefficient (Wildman–Crippen LogP) is 7.61. The molecule has 14 heteroatoms. The molecule has 8 rings (SSSR count). The third-order valence-corrected chi connectivity index (χ3v) is 12.6. The number of fused-ring (bicyclic) bond motifs is 1. The van der Waals surface area contributed by atoms with Crippen LogP contribution in [0, 0.1) is 0 Å². The average molecular weight is 876 g/mol. The van der Waals surface area contributed by atoms with Gasteiger partial charge in [0, 0.05) is 17.2 Å². The van der Waals surface area contributed by atoms with Gasteiger partial charge in [-0.15, -0.1) is 23.1 Å². The van der Waals surface area contributed by atoms with Gasteiger partial charge in [0.25, 0.3) is 11.8 Å². The van der Waals surface area contributed by atoms with E-state index in [9.17, 15) is 19.2 Å². The van der Waals surface area contributed by atoms with E-state index < -0.39 is 46.8 Å². The Balaban J connectivity index is 1.06. The summed E-state index contributed by atoms with van der Waals surface area (Å²) in [5.41, 5.74) is 3.90. The van der Waals surface area contributed by atoms with E-state index in [0.29, 0.717) is 10.7 Å². The standard InChI is InChI=1S/C49H41N5O7S2/c1-59-39(55)29-28-34-30-62-46-41(45(57)54(46)42(34)47(58)61-43(32-18-8-3-9-19-32)33-20-10-4-11-21-33)51-44(56)40(53-60-2)38-31-63-48(50-38)52-49(35-22-12-5-13-23-35,36-24-14-6-15-25-36)37-26-16-7-17-27-37/h3-29,31,41,43,46H,30H2,1-2H3,(H,50,52)(H,51,56)/b29-28-,53-40-/t41-,46-/m1/s1. The topological polar surface area (TPSA) is 149 Å². The van der Waals surface area contributed by atoms with Gasteiger partial charge in [-0.25, -0.2) is 14.6 Å². The summed E-state index contributed by atoms with van der Waals surface area (Å²) in [6.45, 7) is 0. The molecule has 2 N–H and O–H groups in total. The minimum absolute atomic E-state index is 0.0361. The van der Waals surface area contributed by atoms with E-state index in [-0.39, 0.29) is 22.9 Å². The molecule has 2 amide bonds.